The zero-order chi connectivity index (χ0) is 69.6. The molecule has 0 atom stereocenters. The van der Waals surface area contributed by atoms with E-state index in [-0.39, 0.29) is 0 Å². The monoisotopic (exact) mass is 1370 g/mol. The molecule has 0 radical (unpaired) electrons. The maximum absolute atomic E-state index is 6.23. The molecule has 12 aromatic rings. The maximum Gasteiger partial charge on any atom is 0.119 e. The first kappa shape index (κ1) is 68.8. The molecule has 16 nitrogen and oxygen atoms in total. The van der Waals surface area contributed by atoms with Gasteiger partial charge in [-0.05, 0) is 228 Å². The second-order valence-corrected chi connectivity index (χ2v) is 24.9. The van der Waals surface area contributed by atoms with Gasteiger partial charge in [0.15, 0.2) is 0 Å². The smallest absolute Gasteiger partial charge is 0.119 e. The average molecular weight is 1370 g/mol. The Morgan fingerprint density at radius 1 is 0.333 bits per heavy atom. The van der Waals surface area contributed by atoms with Crippen LogP contribution in [0.2, 0.25) is 0 Å². The predicted molar refractivity (Wildman–Crippen MR) is 410 cm³/mol. The van der Waals surface area contributed by atoms with E-state index in [1.807, 2.05) is 57.2 Å². The molecule has 16 heteroatoms. The summed E-state index contributed by atoms with van der Waals surface area (Å²) in [5.74, 6) is 4.09. The van der Waals surface area contributed by atoms with Crippen LogP contribution in [-0.4, -0.2) is 127 Å². The van der Waals surface area contributed by atoms with E-state index in [4.69, 9.17) is 52.1 Å². The molecule has 0 amide bonds. The number of hydrogen-bond donors (Lipinski definition) is 0. The van der Waals surface area contributed by atoms with Crippen LogP contribution in [0, 0.1) is 0 Å². The van der Waals surface area contributed by atoms with E-state index < -0.39 is 0 Å². The molecule has 14 rings (SSSR count). The molecule has 102 heavy (non-hydrogen) atoms. The SMILES string of the molecule is CCOCCOCCOc1ccc(-n2c3c(c4cc(N(c5ccc6c(c5)c5ccccc5n6-c5ccc(OCCOCCOCC)cc5)c5ccc6c(c5)c5cc(N(C7=CC=C(OC)CC7)c7ccc(OC)cc7)ccc5n6-c5ccc(OCCOCCOCC)cc5)ccc42)C=CCC3)cc1. The molecule has 0 saturated carbocycles. The molecule has 0 N–H and O–H groups in total. The largest absolute Gasteiger partial charge is 0.501 e. The number of rotatable bonds is 35. The van der Waals surface area contributed by atoms with Crippen LogP contribution in [0.3, 0.4) is 0 Å². The first-order chi connectivity index (χ1) is 50.4. The second-order valence-electron chi connectivity index (χ2n) is 24.9. The van der Waals surface area contributed by atoms with Gasteiger partial charge in [-0.15, -0.1) is 0 Å². The molecule has 3 heterocycles. The van der Waals surface area contributed by atoms with Gasteiger partial charge in [0, 0.05) is 116 Å². The van der Waals surface area contributed by atoms with Gasteiger partial charge in [-0.2, -0.15) is 0 Å². The summed E-state index contributed by atoms with van der Waals surface area (Å²) in [6.07, 6.45) is 12.3. The number of ether oxygens (including phenoxy) is 11. The molecule has 3 aromatic heterocycles. The van der Waals surface area contributed by atoms with Crippen molar-refractivity contribution in [2.75, 3.05) is 123 Å². The minimum absolute atomic E-state index is 0.425. The number of aromatic nitrogens is 3. The molecule has 0 saturated heterocycles. The van der Waals surface area contributed by atoms with Crippen molar-refractivity contribution in [3.05, 3.63) is 235 Å². The quantitative estimate of drug-likeness (QED) is 0.0351. The fourth-order valence-corrected chi connectivity index (χ4v) is 14.0. The van der Waals surface area contributed by atoms with Gasteiger partial charge in [-0.3, -0.25) is 0 Å². The van der Waals surface area contributed by atoms with Crippen molar-refractivity contribution < 1.29 is 52.1 Å². The average Bonchev–Trinajstić information content (AvgIpc) is 1.58. The highest BCUT2D eigenvalue weighted by molar-refractivity contribution is 6.13. The first-order valence-electron chi connectivity index (χ1n) is 35.7. The fraction of sp³-hybridized carbons (Fsp3) is 0.279. The summed E-state index contributed by atoms with van der Waals surface area (Å²) in [7, 11) is 3.45. The Kier molecular flexibility index (Phi) is 22.3. The van der Waals surface area contributed by atoms with Crippen molar-refractivity contribution >= 4 is 89.0 Å². The van der Waals surface area contributed by atoms with Crippen LogP contribution < -0.4 is 28.7 Å². The van der Waals surface area contributed by atoms with Gasteiger partial charge in [-0.1, -0.05) is 30.4 Å². The highest BCUT2D eigenvalue weighted by atomic mass is 16.6. The Balaban J connectivity index is 0.908. The molecule has 0 fully saturated rings. The molecule has 524 valence electrons. The van der Waals surface area contributed by atoms with Gasteiger partial charge < -0.3 is 75.6 Å². The summed E-state index contributed by atoms with van der Waals surface area (Å²) in [6, 6.07) is 70.0. The van der Waals surface area contributed by atoms with Gasteiger partial charge in [0.2, 0.25) is 0 Å². The standard InChI is InChI=1S/C86H89N5O11/c1-6-94-45-48-97-51-54-100-72-35-21-63(22-36-72)89-81-15-11-9-13-75(81)77-57-67(28-41-83(77)89)88(68-29-42-84-78(58-68)76-14-10-12-16-82(76)90(84)64-23-37-73(38-24-64)101-55-52-98-49-46-95-7-2)69-30-44-86-80(60-69)79-59-66(87(61-17-31-70(92-4)32-18-61)62-19-33-71(93-5)34-20-62)27-43-85(79)91(86)65-25-39-74(40-26-65)102-56-53-99-50-47-96-8-3/h9-11,13-15,17-19,21-33,35-44,57-60H,6-8,12,16,20,34,45-56H2,1-5H3. The minimum atomic E-state index is 0.425. The van der Waals surface area contributed by atoms with E-state index >= 15 is 0 Å². The first-order valence-corrected chi connectivity index (χ1v) is 35.7. The van der Waals surface area contributed by atoms with E-state index in [0.29, 0.717) is 99.1 Å². The molecule has 0 spiro atoms. The summed E-state index contributed by atoms with van der Waals surface area (Å²) in [6.45, 7) is 14.0. The Morgan fingerprint density at radius 3 is 1.20 bits per heavy atom. The summed E-state index contributed by atoms with van der Waals surface area (Å²) in [5, 5.41) is 5.61. The van der Waals surface area contributed by atoms with Crippen LogP contribution in [0.15, 0.2) is 224 Å². The fourth-order valence-electron chi connectivity index (χ4n) is 14.0. The molecular formula is C86H89N5O11. The van der Waals surface area contributed by atoms with Crippen molar-refractivity contribution in [1.29, 1.82) is 0 Å². The zero-order valence-electron chi connectivity index (χ0n) is 58.9. The van der Waals surface area contributed by atoms with Crippen LogP contribution in [-0.2, 0) is 39.6 Å². The lowest BCUT2D eigenvalue weighted by Crippen LogP contribution is -2.18. The van der Waals surface area contributed by atoms with E-state index in [2.05, 4.69) is 206 Å². The third kappa shape index (κ3) is 15.0. The molecule has 2 aliphatic carbocycles. The summed E-state index contributed by atoms with van der Waals surface area (Å²) in [5.41, 5.74) is 17.3. The van der Waals surface area contributed by atoms with E-state index in [9.17, 15) is 0 Å². The third-order valence-electron chi connectivity index (χ3n) is 18.8. The van der Waals surface area contributed by atoms with Gasteiger partial charge in [0.1, 0.15) is 42.8 Å². The summed E-state index contributed by atoms with van der Waals surface area (Å²) < 4.78 is 70.8. The van der Waals surface area contributed by atoms with E-state index in [1.54, 1.807) is 14.2 Å². The third-order valence-corrected chi connectivity index (χ3v) is 18.8. The summed E-state index contributed by atoms with van der Waals surface area (Å²) >= 11 is 0. The zero-order valence-corrected chi connectivity index (χ0v) is 58.9. The van der Waals surface area contributed by atoms with Crippen molar-refractivity contribution in [2.24, 2.45) is 0 Å². The van der Waals surface area contributed by atoms with Crippen LogP contribution >= 0.6 is 0 Å². The van der Waals surface area contributed by atoms with Crippen LogP contribution in [0.1, 0.15) is 51.3 Å². The maximum atomic E-state index is 6.23. The normalized spacial score (nSPS) is 12.9. The van der Waals surface area contributed by atoms with Crippen molar-refractivity contribution in [2.45, 2.75) is 46.5 Å². The van der Waals surface area contributed by atoms with Crippen LogP contribution in [0.4, 0.5) is 28.4 Å². The molecule has 0 aliphatic heterocycles. The van der Waals surface area contributed by atoms with Crippen molar-refractivity contribution in [1.82, 2.24) is 13.7 Å². The number of anilines is 5. The van der Waals surface area contributed by atoms with E-state index in [1.165, 1.54) is 16.6 Å². The van der Waals surface area contributed by atoms with Crippen molar-refractivity contribution in [3.8, 4) is 40.1 Å². The number of hydrogen-bond acceptors (Lipinski definition) is 13. The predicted octanol–water partition coefficient (Wildman–Crippen LogP) is 18.9. The Morgan fingerprint density at radius 2 is 0.735 bits per heavy atom. The Labute approximate surface area is 596 Å². The van der Waals surface area contributed by atoms with Gasteiger partial charge in [0.05, 0.1) is 107 Å². The topological polar surface area (TPSA) is 123 Å². The number of nitrogens with zero attached hydrogens (tertiary/aromatic N) is 5. The molecule has 0 unspecified atom stereocenters. The molecule has 0 bridgehead atoms. The highest BCUT2D eigenvalue weighted by Gasteiger charge is 2.26. The second kappa shape index (κ2) is 33.0. The Hall–Kier alpha value is -10.3. The summed E-state index contributed by atoms with van der Waals surface area (Å²) in [4.78, 5) is 4.81. The van der Waals surface area contributed by atoms with Gasteiger partial charge in [-0.25, -0.2) is 0 Å². The molecule has 9 aromatic carbocycles. The Bertz CT molecular complexity index is 4920. The lowest BCUT2D eigenvalue weighted by Gasteiger charge is -2.30. The number of methoxy groups -OCH3 is 2. The number of allylic oxidation sites excluding steroid dienone is 5. The molecule has 2 aliphatic rings. The van der Waals surface area contributed by atoms with Crippen LogP contribution in [0.5, 0.6) is 23.0 Å². The van der Waals surface area contributed by atoms with Crippen molar-refractivity contribution in [3.63, 3.8) is 0 Å². The highest BCUT2D eigenvalue weighted by Crippen LogP contribution is 2.47. The number of benzene rings is 9. The number of fused-ring (bicyclic) bond motifs is 9. The number of para-hydroxylation sites is 1. The molecular weight excluding hydrogens is 1280 g/mol. The van der Waals surface area contributed by atoms with Gasteiger partial charge >= 0.3 is 0 Å². The van der Waals surface area contributed by atoms with Gasteiger partial charge in [0.25, 0.3) is 0 Å². The van der Waals surface area contributed by atoms with E-state index in [0.717, 1.165) is 155 Å². The minimum Gasteiger partial charge on any atom is -0.501 e. The lowest BCUT2D eigenvalue weighted by molar-refractivity contribution is 0.0405. The lowest BCUT2D eigenvalue weighted by atomic mass is 10.0. The van der Waals surface area contributed by atoms with Crippen LogP contribution in [0.25, 0.3) is 77.7 Å².